The Morgan fingerprint density at radius 3 is 0.800 bits per heavy atom. The molecule has 4 nitrogen and oxygen atoms in total. The Balaban J connectivity index is -0.0000000133. The molecule has 0 atom stereocenters. The summed E-state index contributed by atoms with van der Waals surface area (Å²) in [6, 6.07) is 0. The summed E-state index contributed by atoms with van der Waals surface area (Å²) in [5.41, 5.74) is 0. The summed E-state index contributed by atoms with van der Waals surface area (Å²) in [6.07, 6.45) is 0. The van der Waals surface area contributed by atoms with E-state index < -0.39 is 0 Å². The van der Waals surface area contributed by atoms with Crippen molar-refractivity contribution in [3.05, 3.63) is 11.8 Å². The molecule has 0 saturated carbocycles. The molecule has 0 bridgehead atoms. The molecule has 0 amide bonds. The Labute approximate surface area is 45.8 Å². The smallest absolute Gasteiger partial charge is 0.553 e. The van der Waals surface area contributed by atoms with Crippen molar-refractivity contribution in [3.8, 4) is 0 Å². The average Bonchev–Trinajstić information content (AvgIpc) is 1.50. The van der Waals surface area contributed by atoms with Gasteiger partial charge in [-0.2, -0.15) is 0 Å². The minimum absolute atomic E-state index is 0. The molecule has 0 aliphatic rings. The summed E-state index contributed by atoms with van der Waals surface area (Å²) < 4.78 is 0. The van der Waals surface area contributed by atoms with E-state index in [0.717, 1.165) is 0 Å². The van der Waals surface area contributed by atoms with Gasteiger partial charge in [-0.3, -0.25) is 0 Å². The first-order chi connectivity index (χ1) is 2.00. The molecule has 28 valence electrons. The van der Waals surface area contributed by atoms with Gasteiger partial charge in [0.1, 0.15) is 0 Å². The van der Waals surface area contributed by atoms with Gasteiger partial charge >= 0.3 is 23.1 Å². The molecule has 5 heavy (non-hydrogen) atoms. The summed E-state index contributed by atoms with van der Waals surface area (Å²) >= 11 is 0. The Morgan fingerprint density at radius 1 is 0.800 bits per heavy atom. The molecular weight excluding hydrogens is 84.3 g/mol. The minimum Gasteiger partial charge on any atom is -0.553 e. The van der Waals surface area contributed by atoms with Gasteiger partial charge in [0.05, 0.1) is 0 Å². The van der Waals surface area contributed by atoms with Crippen molar-refractivity contribution in [1.29, 1.82) is 0 Å². The first-order valence-corrected chi connectivity index (χ1v) is 0.447. The minimum atomic E-state index is 0. The van der Waals surface area contributed by atoms with Gasteiger partial charge < -0.3 is 22.2 Å². The molecule has 4 N–H and O–H groups in total. The quantitative estimate of drug-likeness (QED) is 0.333. The fourth-order valence-electron chi connectivity index (χ4n) is 0. The maximum atomic E-state index is 6.25. The van der Waals surface area contributed by atoms with Crippen LogP contribution < -0.4 is 0 Å². The molecule has 0 aliphatic heterocycles. The van der Waals surface area contributed by atoms with Crippen molar-refractivity contribution in [1.82, 2.24) is 0 Å². The standard InChI is InChI=1S/Mg.2H2NO/c;2*1-2/h;2*1-2H/q+2;2*-1. The van der Waals surface area contributed by atoms with Crippen molar-refractivity contribution in [2.75, 3.05) is 0 Å². The van der Waals surface area contributed by atoms with E-state index in [9.17, 15) is 0 Å². The van der Waals surface area contributed by atoms with Crippen LogP contribution in [-0.4, -0.2) is 33.5 Å². The fourth-order valence-corrected chi connectivity index (χ4v) is 0. The second kappa shape index (κ2) is 163. The van der Waals surface area contributed by atoms with Gasteiger partial charge in [0.15, 0.2) is 0 Å². The van der Waals surface area contributed by atoms with Gasteiger partial charge in [0.25, 0.3) is 0 Å². The van der Waals surface area contributed by atoms with Crippen LogP contribution in [0.2, 0.25) is 0 Å². The number of hydrogen-bond acceptors (Lipinski definition) is 2. The van der Waals surface area contributed by atoms with Gasteiger partial charge in [0, 0.05) is 0 Å². The zero-order valence-electron chi connectivity index (χ0n) is 2.60. The van der Waals surface area contributed by atoms with Gasteiger partial charge in [-0.1, -0.05) is 0 Å². The molecule has 0 aromatic rings. The molecule has 0 radical (unpaired) electrons. The Hall–Kier alpha value is 0.606. The molecule has 0 heterocycles. The molecule has 0 aromatic heterocycles. The van der Waals surface area contributed by atoms with Crippen molar-refractivity contribution in [2.45, 2.75) is 0 Å². The summed E-state index contributed by atoms with van der Waals surface area (Å²) in [5.74, 6) is 9.50. The van der Waals surface area contributed by atoms with Crippen molar-refractivity contribution in [2.24, 2.45) is 0 Å². The van der Waals surface area contributed by atoms with Crippen LogP contribution in [0.1, 0.15) is 0 Å². The molecule has 0 spiro atoms. The first kappa shape index (κ1) is 17.5. The largest absolute Gasteiger partial charge is 2.00 e. The third-order valence-electron chi connectivity index (χ3n) is 0. The van der Waals surface area contributed by atoms with Gasteiger partial charge in [0.2, 0.25) is 0 Å². The normalized spacial score (nSPS) is 2.40. The van der Waals surface area contributed by atoms with Gasteiger partial charge in [-0.25, -0.2) is 0 Å². The number of hydrogen-bond donors (Lipinski definition) is 2. The van der Waals surface area contributed by atoms with Crippen molar-refractivity contribution in [3.63, 3.8) is 0 Å². The third-order valence-corrected chi connectivity index (χ3v) is 0. The summed E-state index contributed by atoms with van der Waals surface area (Å²) in [4.78, 5) is 0. The first-order valence-electron chi connectivity index (χ1n) is 0.447. The van der Waals surface area contributed by atoms with Crippen LogP contribution in [0.5, 0.6) is 0 Å². The Morgan fingerprint density at radius 2 is 0.800 bits per heavy atom. The SMILES string of the molecule is [Mg+2].[NH-]O.[NH-]O. The Bertz CT molecular complexity index is 7.61. The second-order valence-electron chi connectivity index (χ2n) is 0. The predicted molar refractivity (Wildman–Crippen MR) is 18.0 cm³/mol. The van der Waals surface area contributed by atoms with E-state index in [1.54, 1.807) is 0 Å². The summed E-state index contributed by atoms with van der Waals surface area (Å²) in [7, 11) is 0. The van der Waals surface area contributed by atoms with E-state index in [0.29, 0.717) is 0 Å². The van der Waals surface area contributed by atoms with E-state index in [1.807, 2.05) is 0 Å². The van der Waals surface area contributed by atoms with Crippen LogP contribution in [0.4, 0.5) is 0 Å². The molecule has 0 saturated heterocycles. The predicted octanol–water partition coefficient (Wildman–Crippen LogP) is 0.475. The van der Waals surface area contributed by atoms with Crippen molar-refractivity contribution < 1.29 is 10.4 Å². The van der Waals surface area contributed by atoms with Gasteiger partial charge in [-0.05, 0) is 0 Å². The molecular formula is H4MgN2O2. The monoisotopic (exact) mass is 88.0 g/mol. The topological polar surface area (TPSA) is 88.1 Å². The zero-order valence-corrected chi connectivity index (χ0v) is 4.02. The van der Waals surface area contributed by atoms with E-state index in [4.69, 9.17) is 22.2 Å². The molecule has 0 unspecified atom stereocenters. The van der Waals surface area contributed by atoms with Crippen LogP contribution in [-0.2, 0) is 0 Å². The molecule has 0 aliphatic carbocycles. The number of rotatable bonds is 0. The van der Waals surface area contributed by atoms with E-state index >= 15 is 0 Å². The van der Waals surface area contributed by atoms with E-state index in [-0.39, 0.29) is 23.1 Å². The fraction of sp³-hybridized carbons (Fsp3) is 0. The number of nitrogens with one attached hydrogen (secondary N) is 2. The molecule has 0 aromatic carbocycles. The molecule has 0 rings (SSSR count). The average molecular weight is 88.3 g/mol. The summed E-state index contributed by atoms with van der Waals surface area (Å²) in [5, 5.41) is 12.5. The van der Waals surface area contributed by atoms with E-state index in [1.165, 1.54) is 0 Å². The summed E-state index contributed by atoms with van der Waals surface area (Å²) in [6.45, 7) is 0. The van der Waals surface area contributed by atoms with Crippen molar-refractivity contribution >= 4 is 23.1 Å². The maximum absolute atomic E-state index is 6.25. The van der Waals surface area contributed by atoms with Crippen LogP contribution in [0, 0.1) is 0 Å². The van der Waals surface area contributed by atoms with Crippen LogP contribution in [0.25, 0.3) is 11.8 Å². The molecule has 5 heteroatoms. The van der Waals surface area contributed by atoms with Gasteiger partial charge in [-0.15, -0.1) is 0 Å². The molecule has 0 fully saturated rings. The van der Waals surface area contributed by atoms with Crippen LogP contribution in [0.3, 0.4) is 0 Å². The van der Waals surface area contributed by atoms with Crippen LogP contribution >= 0.6 is 0 Å². The van der Waals surface area contributed by atoms with Crippen LogP contribution in [0.15, 0.2) is 0 Å². The second-order valence-corrected chi connectivity index (χ2v) is 0. The van der Waals surface area contributed by atoms with E-state index in [2.05, 4.69) is 0 Å². The zero-order chi connectivity index (χ0) is 4.00. The third kappa shape index (κ3) is 85.1. The Kier molecular flexibility index (Phi) is 571. The maximum Gasteiger partial charge on any atom is 2.00 e.